The second kappa shape index (κ2) is 3.24. The fraction of sp³-hybridized carbons (Fsp3) is 0.364. The number of hydrogen-bond donors (Lipinski definition) is 1. The Morgan fingerprint density at radius 2 is 2.27 bits per heavy atom. The SMILES string of the molecule is COc1ccc2c(c1)C(=O)C(C)(CO)O2. The standard InChI is InChI=1S/C11H12O4/c1-11(6-12)10(13)8-5-7(14-2)3-4-9(8)15-11/h3-5,12H,6H2,1-2H3. The fourth-order valence-corrected chi connectivity index (χ4v) is 1.58. The maximum absolute atomic E-state index is 11.9. The number of aliphatic hydroxyl groups is 1. The first-order chi connectivity index (χ1) is 7.10. The van der Waals surface area contributed by atoms with E-state index >= 15 is 0 Å². The van der Waals surface area contributed by atoms with Crippen molar-refractivity contribution in [3.05, 3.63) is 23.8 Å². The molecule has 2 rings (SSSR count). The molecule has 80 valence electrons. The number of Topliss-reactive ketones (excluding diaryl/α,β-unsaturated/α-hetero) is 1. The van der Waals surface area contributed by atoms with Crippen LogP contribution < -0.4 is 9.47 Å². The molecule has 0 saturated heterocycles. The highest BCUT2D eigenvalue weighted by Crippen LogP contribution is 2.36. The van der Waals surface area contributed by atoms with Crippen LogP contribution in [0.4, 0.5) is 0 Å². The van der Waals surface area contributed by atoms with Crippen molar-refractivity contribution in [2.24, 2.45) is 0 Å². The number of ketones is 1. The number of carbonyl (C=O) groups excluding carboxylic acids is 1. The van der Waals surface area contributed by atoms with Crippen LogP contribution in [0.2, 0.25) is 0 Å². The zero-order valence-corrected chi connectivity index (χ0v) is 8.61. The summed E-state index contributed by atoms with van der Waals surface area (Å²) in [7, 11) is 1.53. The van der Waals surface area contributed by atoms with Gasteiger partial charge in [0.1, 0.15) is 11.5 Å². The molecule has 4 nitrogen and oxygen atoms in total. The van der Waals surface area contributed by atoms with E-state index in [0.29, 0.717) is 17.1 Å². The van der Waals surface area contributed by atoms with Gasteiger partial charge in [0, 0.05) is 0 Å². The summed E-state index contributed by atoms with van der Waals surface area (Å²) in [5, 5.41) is 9.12. The molecule has 0 aliphatic carbocycles. The molecule has 1 aliphatic rings. The molecule has 0 spiro atoms. The normalized spacial score (nSPS) is 23.5. The molecule has 1 N–H and O–H groups in total. The topological polar surface area (TPSA) is 55.8 Å². The zero-order valence-electron chi connectivity index (χ0n) is 8.61. The van der Waals surface area contributed by atoms with Crippen molar-refractivity contribution in [1.29, 1.82) is 0 Å². The minimum absolute atomic E-state index is 0.209. The van der Waals surface area contributed by atoms with E-state index in [2.05, 4.69) is 0 Å². The van der Waals surface area contributed by atoms with Crippen molar-refractivity contribution < 1.29 is 19.4 Å². The van der Waals surface area contributed by atoms with Crippen LogP contribution in [-0.2, 0) is 0 Å². The summed E-state index contributed by atoms with van der Waals surface area (Å²) < 4.78 is 10.4. The first kappa shape index (κ1) is 9.98. The minimum Gasteiger partial charge on any atom is -0.497 e. The van der Waals surface area contributed by atoms with Gasteiger partial charge in [0.25, 0.3) is 0 Å². The van der Waals surface area contributed by atoms with Crippen LogP contribution in [0.25, 0.3) is 0 Å². The van der Waals surface area contributed by atoms with Crippen LogP contribution >= 0.6 is 0 Å². The third-order valence-electron chi connectivity index (χ3n) is 2.55. The molecular formula is C11H12O4. The molecule has 15 heavy (non-hydrogen) atoms. The number of rotatable bonds is 2. The molecular weight excluding hydrogens is 196 g/mol. The number of benzene rings is 1. The van der Waals surface area contributed by atoms with Gasteiger partial charge in [-0.25, -0.2) is 0 Å². The van der Waals surface area contributed by atoms with Crippen molar-refractivity contribution in [1.82, 2.24) is 0 Å². The van der Waals surface area contributed by atoms with Gasteiger partial charge in [-0.15, -0.1) is 0 Å². The number of ether oxygens (including phenoxy) is 2. The maximum Gasteiger partial charge on any atom is 0.212 e. The summed E-state index contributed by atoms with van der Waals surface area (Å²) in [5.41, 5.74) is -0.680. The van der Waals surface area contributed by atoms with Crippen LogP contribution in [0, 0.1) is 0 Å². The van der Waals surface area contributed by atoms with Gasteiger partial charge in [-0.05, 0) is 25.1 Å². The van der Waals surface area contributed by atoms with E-state index in [-0.39, 0.29) is 12.4 Å². The van der Waals surface area contributed by atoms with Gasteiger partial charge in [0.05, 0.1) is 19.3 Å². The summed E-state index contributed by atoms with van der Waals surface area (Å²) in [6, 6.07) is 5.01. The smallest absolute Gasteiger partial charge is 0.212 e. The van der Waals surface area contributed by atoms with E-state index in [1.165, 1.54) is 7.11 Å². The average Bonchev–Trinajstić information content (AvgIpc) is 2.52. The van der Waals surface area contributed by atoms with Crippen molar-refractivity contribution in [2.75, 3.05) is 13.7 Å². The van der Waals surface area contributed by atoms with Crippen molar-refractivity contribution in [3.63, 3.8) is 0 Å². The van der Waals surface area contributed by atoms with Gasteiger partial charge >= 0.3 is 0 Å². The number of methoxy groups -OCH3 is 1. The number of fused-ring (bicyclic) bond motifs is 1. The molecule has 1 aromatic carbocycles. The van der Waals surface area contributed by atoms with E-state index in [9.17, 15) is 4.79 Å². The van der Waals surface area contributed by atoms with E-state index in [1.54, 1.807) is 25.1 Å². The predicted molar refractivity (Wildman–Crippen MR) is 53.4 cm³/mol. The van der Waals surface area contributed by atoms with Gasteiger partial charge < -0.3 is 14.6 Å². The summed E-state index contributed by atoms with van der Waals surface area (Å²) in [6.45, 7) is 1.24. The van der Waals surface area contributed by atoms with Crippen molar-refractivity contribution in [3.8, 4) is 11.5 Å². The van der Waals surface area contributed by atoms with Crippen LogP contribution in [0.1, 0.15) is 17.3 Å². The lowest BCUT2D eigenvalue weighted by Gasteiger charge is -2.18. The van der Waals surface area contributed by atoms with Crippen LogP contribution in [0.5, 0.6) is 11.5 Å². The summed E-state index contributed by atoms with van der Waals surface area (Å²) >= 11 is 0. The third-order valence-corrected chi connectivity index (χ3v) is 2.55. The number of aliphatic hydroxyl groups excluding tert-OH is 1. The predicted octanol–water partition coefficient (Wildman–Crippen LogP) is 1.02. The Balaban J connectivity index is 2.46. The Labute approximate surface area is 87.4 Å². The molecule has 1 atom stereocenters. The number of hydrogen-bond acceptors (Lipinski definition) is 4. The molecule has 0 amide bonds. The van der Waals surface area contributed by atoms with Gasteiger partial charge in [0.2, 0.25) is 5.78 Å². The highest BCUT2D eigenvalue weighted by Gasteiger charge is 2.43. The van der Waals surface area contributed by atoms with E-state index in [0.717, 1.165) is 0 Å². The lowest BCUT2D eigenvalue weighted by Crippen LogP contribution is -2.40. The lowest BCUT2D eigenvalue weighted by atomic mass is 9.98. The maximum atomic E-state index is 11.9. The van der Waals surface area contributed by atoms with E-state index in [1.807, 2.05) is 0 Å². The summed E-state index contributed by atoms with van der Waals surface area (Å²) in [5.74, 6) is 0.893. The molecule has 0 bridgehead atoms. The second-order valence-electron chi connectivity index (χ2n) is 3.68. The fourth-order valence-electron chi connectivity index (χ4n) is 1.58. The highest BCUT2D eigenvalue weighted by atomic mass is 16.5. The Bertz CT molecular complexity index is 413. The van der Waals surface area contributed by atoms with Crippen LogP contribution in [-0.4, -0.2) is 30.2 Å². The molecule has 1 unspecified atom stereocenters. The summed E-state index contributed by atoms with van der Waals surface area (Å²) in [6.07, 6.45) is 0. The quantitative estimate of drug-likeness (QED) is 0.788. The highest BCUT2D eigenvalue weighted by molar-refractivity contribution is 6.07. The van der Waals surface area contributed by atoms with Crippen LogP contribution in [0.15, 0.2) is 18.2 Å². The molecule has 1 aromatic rings. The first-order valence-electron chi connectivity index (χ1n) is 4.63. The van der Waals surface area contributed by atoms with Gasteiger partial charge in [-0.1, -0.05) is 0 Å². The Morgan fingerprint density at radius 3 is 2.87 bits per heavy atom. The van der Waals surface area contributed by atoms with Crippen molar-refractivity contribution in [2.45, 2.75) is 12.5 Å². The molecule has 1 heterocycles. The van der Waals surface area contributed by atoms with Gasteiger partial charge in [0.15, 0.2) is 5.60 Å². The van der Waals surface area contributed by atoms with Gasteiger partial charge in [-0.3, -0.25) is 4.79 Å². The zero-order chi connectivity index (χ0) is 11.1. The van der Waals surface area contributed by atoms with Crippen LogP contribution in [0.3, 0.4) is 0 Å². The largest absolute Gasteiger partial charge is 0.497 e. The molecule has 0 aromatic heterocycles. The molecule has 0 saturated carbocycles. The Morgan fingerprint density at radius 1 is 1.53 bits per heavy atom. The van der Waals surface area contributed by atoms with E-state index < -0.39 is 5.60 Å². The lowest BCUT2D eigenvalue weighted by molar-refractivity contribution is 0.0359. The third kappa shape index (κ3) is 1.37. The molecule has 4 heteroatoms. The molecule has 0 fully saturated rings. The first-order valence-corrected chi connectivity index (χ1v) is 4.63. The van der Waals surface area contributed by atoms with Gasteiger partial charge in [-0.2, -0.15) is 0 Å². The monoisotopic (exact) mass is 208 g/mol. The molecule has 1 aliphatic heterocycles. The summed E-state index contributed by atoms with van der Waals surface area (Å²) in [4.78, 5) is 11.9. The average molecular weight is 208 g/mol. The molecule has 0 radical (unpaired) electrons. The Hall–Kier alpha value is -1.55. The Kier molecular flexibility index (Phi) is 2.16. The minimum atomic E-state index is -1.14. The van der Waals surface area contributed by atoms with Crippen molar-refractivity contribution >= 4 is 5.78 Å². The second-order valence-corrected chi connectivity index (χ2v) is 3.68. The number of carbonyl (C=O) groups is 1. The van der Waals surface area contributed by atoms with E-state index in [4.69, 9.17) is 14.6 Å².